The van der Waals surface area contributed by atoms with E-state index in [4.69, 9.17) is 4.74 Å². The van der Waals surface area contributed by atoms with Gasteiger partial charge in [0.25, 0.3) is 5.92 Å². The Balaban J connectivity index is 1.84. The number of aliphatic carboxylic acids is 1. The summed E-state index contributed by atoms with van der Waals surface area (Å²) >= 11 is 1.24. The van der Waals surface area contributed by atoms with Crippen molar-refractivity contribution >= 4 is 34.8 Å². The standard InChI is InChI=1S/C22H21F3N4O4S/c1-21(12-3-5-13(23)6-4-12)16(20(32)33-2)14(27-17(28-21)18-26-7-8-34-18)10-29-11-22(24,25)9-15(29)19(30)31/h3-8,15-16H,9-11H2,1-2H3,(H,30,31)/t15-,16?,21-/m0/s1. The number of alkyl halides is 2. The summed E-state index contributed by atoms with van der Waals surface area (Å²) in [6.45, 7) is 0.513. The molecule has 4 rings (SSSR count). The molecule has 0 bridgehead atoms. The lowest BCUT2D eigenvalue weighted by atomic mass is 9.76. The lowest BCUT2D eigenvalue weighted by Crippen LogP contribution is -2.50. The van der Waals surface area contributed by atoms with Crippen LogP contribution < -0.4 is 0 Å². The zero-order valence-electron chi connectivity index (χ0n) is 18.2. The number of hydrogen-bond acceptors (Lipinski definition) is 8. The minimum absolute atomic E-state index is 0.114. The van der Waals surface area contributed by atoms with Crippen LogP contribution in [0.25, 0.3) is 0 Å². The van der Waals surface area contributed by atoms with Crippen LogP contribution in [0.5, 0.6) is 0 Å². The fourth-order valence-electron chi connectivity index (χ4n) is 4.39. The Kier molecular flexibility index (Phi) is 6.30. The maximum Gasteiger partial charge on any atom is 0.321 e. The average molecular weight is 494 g/mol. The van der Waals surface area contributed by atoms with Gasteiger partial charge in [-0.2, -0.15) is 0 Å². The molecule has 1 fully saturated rings. The molecule has 2 aromatic rings. The zero-order chi connectivity index (χ0) is 24.7. The number of ether oxygens (including phenoxy) is 1. The number of hydrogen-bond donors (Lipinski definition) is 1. The van der Waals surface area contributed by atoms with Gasteiger partial charge in [-0.15, -0.1) is 11.3 Å². The molecule has 0 radical (unpaired) electrons. The van der Waals surface area contributed by atoms with Crippen molar-refractivity contribution in [2.75, 3.05) is 20.2 Å². The second kappa shape index (κ2) is 8.91. The molecule has 34 heavy (non-hydrogen) atoms. The summed E-state index contributed by atoms with van der Waals surface area (Å²) in [7, 11) is 1.18. The number of methoxy groups -OCH3 is 1. The fraction of sp³-hybridized carbons (Fsp3) is 0.409. The van der Waals surface area contributed by atoms with E-state index in [1.54, 1.807) is 18.5 Å². The average Bonchev–Trinajstić information content (AvgIpc) is 3.41. The number of thiazole rings is 1. The Morgan fingerprint density at radius 1 is 1.29 bits per heavy atom. The summed E-state index contributed by atoms with van der Waals surface area (Å²) in [4.78, 5) is 39.1. The topological polar surface area (TPSA) is 104 Å². The van der Waals surface area contributed by atoms with Crippen molar-refractivity contribution in [1.82, 2.24) is 9.88 Å². The molecule has 8 nitrogen and oxygen atoms in total. The van der Waals surface area contributed by atoms with E-state index in [1.165, 1.54) is 42.7 Å². The third kappa shape index (κ3) is 4.47. The van der Waals surface area contributed by atoms with E-state index in [1.807, 2.05) is 0 Å². The fourth-order valence-corrected chi connectivity index (χ4v) is 4.96. The van der Waals surface area contributed by atoms with E-state index in [9.17, 15) is 27.9 Å². The van der Waals surface area contributed by atoms with E-state index in [0.29, 0.717) is 10.6 Å². The Morgan fingerprint density at radius 2 is 2.00 bits per heavy atom. The third-order valence-corrected chi connectivity index (χ3v) is 6.76. The number of likely N-dealkylation sites (tertiary alicyclic amines) is 1. The summed E-state index contributed by atoms with van der Waals surface area (Å²) in [5.74, 6) is -6.82. The van der Waals surface area contributed by atoms with Crippen LogP contribution >= 0.6 is 11.3 Å². The molecular formula is C22H21F3N4O4S. The highest BCUT2D eigenvalue weighted by atomic mass is 32.1. The minimum atomic E-state index is -3.20. The molecule has 0 saturated carbocycles. The monoisotopic (exact) mass is 494 g/mol. The molecule has 0 aliphatic carbocycles. The highest BCUT2D eigenvalue weighted by Gasteiger charge is 2.52. The molecule has 1 N–H and O–H groups in total. The predicted octanol–water partition coefficient (Wildman–Crippen LogP) is 2.98. The van der Waals surface area contributed by atoms with Gasteiger partial charge in [0.15, 0.2) is 10.8 Å². The van der Waals surface area contributed by atoms with Crippen molar-refractivity contribution < 1.29 is 32.6 Å². The van der Waals surface area contributed by atoms with Gasteiger partial charge in [-0.3, -0.25) is 19.5 Å². The Morgan fingerprint density at radius 3 is 2.59 bits per heavy atom. The number of amidine groups is 1. The lowest BCUT2D eigenvalue weighted by Gasteiger charge is -2.38. The number of benzene rings is 1. The van der Waals surface area contributed by atoms with Crippen LogP contribution in [-0.2, 0) is 19.9 Å². The smallest absolute Gasteiger partial charge is 0.321 e. The van der Waals surface area contributed by atoms with Gasteiger partial charge in [-0.1, -0.05) is 12.1 Å². The maximum absolute atomic E-state index is 14.1. The number of esters is 1. The van der Waals surface area contributed by atoms with E-state index in [-0.39, 0.29) is 18.1 Å². The summed E-state index contributed by atoms with van der Waals surface area (Å²) in [5.41, 5.74) is -0.769. The van der Waals surface area contributed by atoms with E-state index >= 15 is 0 Å². The highest BCUT2D eigenvalue weighted by molar-refractivity contribution is 7.11. The quantitative estimate of drug-likeness (QED) is 0.620. The van der Waals surface area contributed by atoms with Gasteiger partial charge < -0.3 is 9.84 Å². The molecule has 1 aromatic heterocycles. The van der Waals surface area contributed by atoms with Crippen molar-refractivity contribution in [3.8, 4) is 0 Å². The number of rotatable bonds is 6. The van der Waals surface area contributed by atoms with E-state index < -0.39 is 54.1 Å². The van der Waals surface area contributed by atoms with Crippen LogP contribution in [0, 0.1) is 11.7 Å². The number of carboxylic acid groups (broad SMARTS) is 1. The summed E-state index contributed by atoms with van der Waals surface area (Å²) in [6.07, 6.45) is 0.696. The first-order valence-electron chi connectivity index (χ1n) is 10.3. The second-order valence-corrected chi connectivity index (χ2v) is 9.20. The predicted molar refractivity (Wildman–Crippen MR) is 118 cm³/mol. The van der Waals surface area contributed by atoms with Gasteiger partial charge in [0, 0.05) is 24.5 Å². The van der Waals surface area contributed by atoms with Crippen LogP contribution in [0.2, 0.25) is 0 Å². The molecule has 1 saturated heterocycles. The van der Waals surface area contributed by atoms with Crippen LogP contribution in [0.4, 0.5) is 13.2 Å². The largest absolute Gasteiger partial charge is 0.480 e. The number of carbonyl (C=O) groups is 2. The molecule has 3 heterocycles. The molecule has 180 valence electrons. The van der Waals surface area contributed by atoms with Gasteiger partial charge in [0.05, 0.1) is 19.4 Å². The molecule has 1 aromatic carbocycles. The Hall–Kier alpha value is -3.12. The molecule has 0 amide bonds. The van der Waals surface area contributed by atoms with Crippen molar-refractivity contribution in [3.05, 3.63) is 52.2 Å². The Bertz CT molecular complexity index is 1150. The second-order valence-electron chi connectivity index (χ2n) is 8.31. The maximum atomic E-state index is 14.1. The van der Waals surface area contributed by atoms with E-state index in [0.717, 1.165) is 4.90 Å². The summed E-state index contributed by atoms with van der Waals surface area (Å²) in [6, 6.07) is 3.94. The van der Waals surface area contributed by atoms with Crippen molar-refractivity contribution in [3.63, 3.8) is 0 Å². The summed E-state index contributed by atoms with van der Waals surface area (Å²) in [5, 5.41) is 11.6. The van der Waals surface area contributed by atoms with Crippen LogP contribution in [0.15, 0.2) is 45.8 Å². The molecular weight excluding hydrogens is 473 g/mol. The number of carbonyl (C=O) groups excluding carboxylic acids is 1. The van der Waals surface area contributed by atoms with Crippen LogP contribution in [-0.4, -0.2) is 70.6 Å². The first kappa shape index (κ1) is 24.0. The zero-order valence-corrected chi connectivity index (χ0v) is 19.1. The van der Waals surface area contributed by atoms with Gasteiger partial charge in [-0.05, 0) is 24.6 Å². The molecule has 12 heteroatoms. The summed E-state index contributed by atoms with van der Waals surface area (Å²) < 4.78 is 46.9. The molecule has 1 unspecified atom stereocenters. The first-order valence-corrected chi connectivity index (χ1v) is 11.2. The number of aliphatic imine (C=N–C) groups is 2. The number of aromatic nitrogens is 1. The minimum Gasteiger partial charge on any atom is -0.480 e. The van der Waals surface area contributed by atoms with Crippen LogP contribution in [0.3, 0.4) is 0 Å². The van der Waals surface area contributed by atoms with Crippen LogP contribution in [0.1, 0.15) is 23.9 Å². The molecule has 2 aliphatic heterocycles. The Labute approximate surface area is 196 Å². The SMILES string of the molecule is COC(=O)C1C(CN2CC(F)(F)C[C@H]2C(=O)O)=NC(c2nccs2)=N[C@@]1(C)c1ccc(F)cc1. The van der Waals surface area contributed by atoms with Crippen molar-refractivity contribution in [2.45, 2.75) is 30.8 Å². The number of halogens is 3. The van der Waals surface area contributed by atoms with Gasteiger partial charge in [0.2, 0.25) is 0 Å². The lowest BCUT2D eigenvalue weighted by molar-refractivity contribution is -0.145. The van der Waals surface area contributed by atoms with Crippen molar-refractivity contribution in [1.29, 1.82) is 0 Å². The third-order valence-electron chi connectivity index (χ3n) is 5.99. The normalized spacial score (nSPS) is 26.6. The van der Waals surface area contributed by atoms with Gasteiger partial charge in [-0.25, -0.2) is 23.1 Å². The molecule has 0 spiro atoms. The number of nitrogens with zero attached hydrogens (tertiary/aromatic N) is 4. The first-order chi connectivity index (χ1) is 16.0. The highest BCUT2D eigenvalue weighted by Crippen LogP contribution is 2.40. The van der Waals surface area contributed by atoms with Crippen molar-refractivity contribution in [2.24, 2.45) is 15.9 Å². The van der Waals surface area contributed by atoms with E-state index in [2.05, 4.69) is 15.0 Å². The van der Waals surface area contributed by atoms with Gasteiger partial charge in [0.1, 0.15) is 23.3 Å². The molecule has 3 atom stereocenters. The van der Waals surface area contributed by atoms with Gasteiger partial charge >= 0.3 is 11.9 Å². The number of carboxylic acids is 1. The molecule has 2 aliphatic rings.